The number of ketones is 1. The number of para-hydroxylation sites is 1. The fourth-order valence-corrected chi connectivity index (χ4v) is 3.49. The molecule has 1 fully saturated rings. The molecule has 1 saturated heterocycles. The van der Waals surface area contributed by atoms with Gasteiger partial charge in [-0.05, 0) is 24.8 Å². The molecule has 0 radical (unpaired) electrons. The van der Waals surface area contributed by atoms with E-state index in [1.54, 1.807) is 0 Å². The molecule has 4 nitrogen and oxygen atoms in total. The van der Waals surface area contributed by atoms with Crippen LogP contribution in [0.1, 0.15) is 36.5 Å². The second-order valence-corrected chi connectivity index (χ2v) is 6.69. The third-order valence-corrected chi connectivity index (χ3v) is 4.95. The van der Waals surface area contributed by atoms with Gasteiger partial charge in [-0.15, -0.1) is 0 Å². The molecule has 1 aliphatic rings. The fourth-order valence-electron chi connectivity index (χ4n) is 3.49. The first-order valence-corrected chi connectivity index (χ1v) is 8.50. The molecule has 4 heteroatoms. The van der Waals surface area contributed by atoms with Gasteiger partial charge < -0.3 is 9.47 Å². The van der Waals surface area contributed by atoms with Gasteiger partial charge in [0, 0.05) is 29.2 Å². The maximum atomic E-state index is 12.8. The zero-order valence-corrected chi connectivity index (χ0v) is 13.7. The predicted octanol–water partition coefficient (Wildman–Crippen LogP) is 2.05. The molecule has 1 N–H and O–H groups in total. The van der Waals surface area contributed by atoms with E-state index in [1.165, 1.54) is 17.7 Å². The summed E-state index contributed by atoms with van der Waals surface area (Å²) in [4.78, 5) is 14.2. The van der Waals surface area contributed by atoms with E-state index in [2.05, 4.69) is 13.0 Å². The molecule has 23 heavy (non-hydrogen) atoms. The number of nitrogens with one attached hydrogen (secondary N) is 1. The molecule has 2 aromatic rings. The average Bonchev–Trinajstić information content (AvgIpc) is 2.94. The fraction of sp³-hybridized carbons (Fsp3) is 0.474. The number of hydrogen-bond acceptors (Lipinski definition) is 2. The molecule has 0 saturated carbocycles. The molecule has 3 rings (SSSR count). The van der Waals surface area contributed by atoms with Gasteiger partial charge in [-0.3, -0.25) is 4.79 Å². The number of fused-ring (bicyclic) bond motifs is 1. The number of nitriles is 1. The van der Waals surface area contributed by atoms with Crippen molar-refractivity contribution < 1.29 is 9.69 Å². The zero-order chi connectivity index (χ0) is 16.2. The van der Waals surface area contributed by atoms with Crippen molar-refractivity contribution in [3.05, 3.63) is 36.0 Å². The molecule has 0 atom stereocenters. The number of nitrogens with zero attached hydrogens (tertiary/aromatic N) is 2. The van der Waals surface area contributed by atoms with Gasteiger partial charge in [0.05, 0.1) is 25.6 Å². The summed E-state index contributed by atoms with van der Waals surface area (Å²) in [6.07, 6.45) is 4.83. The number of aromatic nitrogens is 1. The van der Waals surface area contributed by atoms with E-state index in [0.29, 0.717) is 19.5 Å². The summed E-state index contributed by atoms with van der Waals surface area (Å²) in [5, 5.41) is 9.83. The van der Waals surface area contributed by atoms with E-state index in [0.717, 1.165) is 35.5 Å². The minimum absolute atomic E-state index is 0.224. The summed E-state index contributed by atoms with van der Waals surface area (Å²) in [6, 6.07) is 10.2. The monoisotopic (exact) mass is 310 g/mol. The minimum atomic E-state index is 0.224. The third-order valence-electron chi connectivity index (χ3n) is 4.95. The maximum Gasteiger partial charge on any atom is 0.219 e. The van der Waals surface area contributed by atoms with Crippen molar-refractivity contribution in [1.29, 1.82) is 5.26 Å². The molecule has 2 heterocycles. The van der Waals surface area contributed by atoms with Crippen LogP contribution in [0.25, 0.3) is 10.9 Å². The molecular weight excluding hydrogens is 286 g/mol. The Kier molecular flexibility index (Phi) is 4.78. The van der Waals surface area contributed by atoms with Crippen molar-refractivity contribution in [2.24, 2.45) is 5.92 Å². The number of carbonyl (C=O) groups excluding carboxylic acids is 1. The normalized spacial score (nSPS) is 21.2. The van der Waals surface area contributed by atoms with Gasteiger partial charge in [-0.2, -0.15) is 5.26 Å². The summed E-state index contributed by atoms with van der Waals surface area (Å²) in [7, 11) is 0. The molecular formula is C19H24N3O+. The highest BCUT2D eigenvalue weighted by molar-refractivity contribution is 6.08. The summed E-state index contributed by atoms with van der Waals surface area (Å²) < 4.78 is 2.04. The Labute approximate surface area is 137 Å². The Hall–Kier alpha value is -2.12. The van der Waals surface area contributed by atoms with E-state index in [9.17, 15) is 4.79 Å². The average molecular weight is 310 g/mol. The van der Waals surface area contributed by atoms with Crippen LogP contribution in [0.3, 0.4) is 0 Å². The number of carbonyl (C=O) groups is 1. The highest BCUT2D eigenvalue weighted by Crippen LogP contribution is 2.22. The van der Waals surface area contributed by atoms with Crippen LogP contribution >= 0.6 is 0 Å². The quantitative estimate of drug-likeness (QED) is 0.859. The molecule has 0 amide bonds. The second-order valence-electron chi connectivity index (χ2n) is 6.69. The molecule has 1 aliphatic heterocycles. The lowest BCUT2D eigenvalue weighted by Gasteiger charge is -2.26. The van der Waals surface area contributed by atoms with E-state index in [-0.39, 0.29) is 5.78 Å². The van der Waals surface area contributed by atoms with E-state index in [4.69, 9.17) is 5.26 Å². The molecule has 1 aromatic heterocycles. The maximum absolute atomic E-state index is 12.8. The first-order chi connectivity index (χ1) is 11.2. The van der Waals surface area contributed by atoms with Crippen molar-refractivity contribution in [2.45, 2.75) is 32.7 Å². The van der Waals surface area contributed by atoms with Crippen LogP contribution in [0, 0.1) is 17.2 Å². The summed E-state index contributed by atoms with van der Waals surface area (Å²) in [5.41, 5.74) is 1.86. The Bertz CT molecular complexity index is 733. The lowest BCUT2D eigenvalue weighted by molar-refractivity contribution is -0.897. The standard InChI is InChI=1S/C19H23N3O/c1-15-7-11-21(12-8-15)14-19(23)17-13-22(10-4-9-20)18-6-3-2-5-16(17)18/h2-3,5-6,13,15H,4,7-8,10-12,14H2,1H3/p+1. The van der Waals surface area contributed by atoms with Gasteiger partial charge in [0.25, 0.3) is 0 Å². The van der Waals surface area contributed by atoms with Crippen LogP contribution in [0.2, 0.25) is 0 Å². The zero-order valence-electron chi connectivity index (χ0n) is 13.7. The van der Waals surface area contributed by atoms with Crippen molar-refractivity contribution in [2.75, 3.05) is 19.6 Å². The van der Waals surface area contributed by atoms with E-state index < -0.39 is 0 Å². The highest BCUT2D eigenvalue weighted by Gasteiger charge is 2.23. The number of piperidine rings is 1. The number of aryl methyl sites for hydroxylation is 1. The van der Waals surface area contributed by atoms with Gasteiger partial charge in [-0.25, -0.2) is 0 Å². The van der Waals surface area contributed by atoms with Crippen LogP contribution in [-0.2, 0) is 6.54 Å². The van der Waals surface area contributed by atoms with Crippen molar-refractivity contribution >= 4 is 16.7 Å². The predicted molar refractivity (Wildman–Crippen MR) is 90.5 cm³/mol. The summed E-state index contributed by atoms with van der Waals surface area (Å²) >= 11 is 0. The van der Waals surface area contributed by atoms with Crippen LogP contribution in [-0.4, -0.2) is 30.0 Å². The van der Waals surface area contributed by atoms with Gasteiger partial charge in [0.2, 0.25) is 5.78 Å². The first-order valence-electron chi connectivity index (χ1n) is 8.50. The molecule has 0 bridgehead atoms. The number of likely N-dealkylation sites (tertiary alicyclic amines) is 1. The van der Waals surface area contributed by atoms with Gasteiger partial charge in [-0.1, -0.05) is 25.1 Å². The smallest absolute Gasteiger partial charge is 0.219 e. The number of benzene rings is 1. The first kappa shape index (κ1) is 15.8. The van der Waals surface area contributed by atoms with Crippen LogP contribution in [0.5, 0.6) is 0 Å². The topological polar surface area (TPSA) is 50.2 Å². The number of hydrogen-bond donors (Lipinski definition) is 1. The van der Waals surface area contributed by atoms with Crippen LogP contribution in [0.4, 0.5) is 0 Å². The lowest BCUT2D eigenvalue weighted by atomic mass is 9.98. The Morgan fingerprint density at radius 2 is 2.09 bits per heavy atom. The van der Waals surface area contributed by atoms with Crippen LogP contribution < -0.4 is 4.90 Å². The minimum Gasteiger partial charge on any atom is -0.346 e. The van der Waals surface area contributed by atoms with Gasteiger partial charge >= 0.3 is 0 Å². The number of quaternary nitrogens is 1. The van der Waals surface area contributed by atoms with E-state index >= 15 is 0 Å². The second kappa shape index (κ2) is 6.97. The van der Waals surface area contributed by atoms with Crippen LogP contribution in [0.15, 0.2) is 30.5 Å². The highest BCUT2D eigenvalue weighted by atomic mass is 16.1. The number of Topliss-reactive ketones (excluding diaryl/α,β-unsaturated/α-hetero) is 1. The van der Waals surface area contributed by atoms with Crippen molar-refractivity contribution in [3.63, 3.8) is 0 Å². The molecule has 0 unspecified atom stereocenters. The Morgan fingerprint density at radius 3 is 2.83 bits per heavy atom. The van der Waals surface area contributed by atoms with Gasteiger partial charge in [0.15, 0.2) is 0 Å². The van der Waals surface area contributed by atoms with Gasteiger partial charge in [0.1, 0.15) is 6.54 Å². The summed E-state index contributed by atoms with van der Waals surface area (Å²) in [6.45, 7) is 5.71. The molecule has 0 spiro atoms. The third kappa shape index (κ3) is 3.46. The van der Waals surface area contributed by atoms with E-state index in [1.807, 2.05) is 35.0 Å². The lowest BCUT2D eigenvalue weighted by Crippen LogP contribution is -3.13. The summed E-state index contributed by atoms with van der Waals surface area (Å²) in [5.74, 6) is 1.02. The molecule has 120 valence electrons. The Balaban J connectivity index is 1.81. The SMILES string of the molecule is CC1CC[NH+](CC(=O)c2cn(CCC#N)c3ccccc23)CC1. The molecule has 0 aliphatic carbocycles. The largest absolute Gasteiger partial charge is 0.346 e. The Morgan fingerprint density at radius 1 is 1.35 bits per heavy atom. The molecule has 1 aromatic carbocycles. The number of rotatable bonds is 5. The van der Waals surface area contributed by atoms with Crippen molar-refractivity contribution in [1.82, 2.24) is 4.57 Å². The van der Waals surface area contributed by atoms with Crippen molar-refractivity contribution in [3.8, 4) is 6.07 Å².